The quantitative estimate of drug-likeness (QED) is 0.650. The molecule has 1 rings (SSSR count). The van der Waals surface area contributed by atoms with E-state index in [0.29, 0.717) is 5.92 Å². The van der Waals surface area contributed by atoms with E-state index >= 15 is 0 Å². The van der Waals surface area contributed by atoms with Crippen LogP contribution < -0.4 is 0 Å². The fourth-order valence-corrected chi connectivity index (χ4v) is 1.81. The number of aliphatic hydroxyl groups excluding tert-OH is 2. The molecule has 0 amide bonds. The summed E-state index contributed by atoms with van der Waals surface area (Å²) in [6, 6.07) is 0. The summed E-state index contributed by atoms with van der Waals surface area (Å²) in [5, 5.41) is 18.7. The Hall–Kier alpha value is -0.0800. The highest BCUT2D eigenvalue weighted by molar-refractivity contribution is 4.78. The molecule has 0 saturated heterocycles. The van der Waals surface area contributed by atoms with E-state index in [1.165, 1.54) is 0 Å². The van der Waals surface area contributed by atoms with Gasteiger partial charge in [-0.2, -0.15) is 0 Å². The van der Waals surface area contributed by atoms with Crippen LogP contribution in [0.4, 0.5) is 0 Å². The van der Waals surface area contributed by atoms with Crippen LogP contribution in [-0.4, -0.2) is 22.4 Å². The summed E-state index contributed by atoms with van der Waals surface area (Å²) >= 11 is 0. The van der Waals surface area contributed by atoms with Crippen molar-refractivity contribution >= 4 is 0 Å². The Bertz CT molecular complexity index is 114. The van der Waals surface area contributed by atoms with Crippen LogP contribution in [0.25, 0.3) is 0 Å². The van der Waals surface area contributed by atoms with Crippen LogP contribution in [0.5, 0.6) is 0 Å². The molecule has 3 atom stereocenters. The molecule has 0 aromatic carbocycles. The van der Waals surface area contributed by atoms with Gasteiger partial charge in [-0.05, 0) is 31.6 Å². The number of hydrogen-bond acceptors (Lipinski definition) is 2. The third-order valence-electron chi connectivity index (χ3n) is 2.67. The fourth-order valence-electron chi connectivity index (χ4n) is 1.81. The summed E-state index contributed by atoms with van der Waals surface area (Å²) in [6.45, 7) is 1.98. The van der Waals surface area contributed by atoms with E-state index in [9.17, 15) is 10.2 Å². The van der Waals surface area contributed by atoms with Crippen LogP contribution in [0.15, 0.2) is 0 Å². The lowest BCUT2D eigenvalue weighted by Gasteiger charge is -2.17. The summed E-state index contributed by atoms with van der Waals surface area (Å²) in [5.41, 5.74) is 0. The van der Waals surface area contributed by atoms with E-state index in [1.807, 2.05) is 6.92 Å². The highest BCUT2D eigenvalue weighted by Gasteiger charge is 2.26. The molecule has 11 heavy (non-hydrogen) atoms. The summed E-state index contributed by atoms with van der Waals surface area (Å²) in [4.78, 5) is 0. The first-order valence-electron chi connectivity index (χ1n) is 4.60. The molecule has 1 aliphatic carbocycles. The van der Waals surface area contributed by atoms with E-state index in [2.05, 4.69) is 0 Å². The van der Waals surface area contributed by atoms with Gasteiger partial charge in [-0.3, -0.25) is 0 Å². The van der Waals surface area contributed by atoms with Crippen molar-refractivity contribution in [3.05, 3.63) is 0 Å². The second-order valence-corrected chi connectivity index (χ2v) is 3.56. The van der Waals surface area contributed by atoms with Crippen molar-refractivity contribution in [2.45, 2.75) is 51.2 Å². The van der Waals surface area contributed by atoms with Gasteiger partial charge in [0.25, 0.3) is 0 Å². The highest BCUT2D eigenvalue weighted by atomic mass is 16.3. The second kappa shape index (κ2) is 4.07. The van der Waals surface area contributed by atoms with Gasteiger partial charge >= 0.3 is 0 Å². The maximum Gasteiger partial charge on any atom is 0.0569 e. The van der Waals surface area contributed by atoms with Gasteiger partial charge in [0.2, 0.25) is 0 Å². The first kappa shape index (κ1) is 9.01. The van der Waals surface area contributed by atoms with Crippen molar-refractivity contribution in [1.29, 1.82) is 0 Å². The largest absolute Gasteiger partial charge is 0.393 e. The first-order valence-corrected chi connectivity index (χ1v) is 4.60. The van der Waals surface area contributed by atoms with Crippen LogP contribution >= 0.6 is 0 Å². The maximum atomic E-state index is 9.42. The Balaban J connectivity index is 2.24. The minimum absolute atomic E-state index is 0.142. The zero-order chi connectivity index (χ0) is 8.27. The summed E-state index contributed by atoms with van der Waals surface area (Å²) in [6.07, 6.45) is 4.41. The molecule has 0 spiro atoms. The lowest BCUT2D eigenvalue weighted by Crippen LogP contribution is -2.19. The van der Waals surface area contributed by atoms with Gasteiger partial charge in [0.05, 0.1) is 12.2 Å². The molecule has 1 saturated carbocycles. The molecule has 66 valence electrons. The van der Waals surface area contributed by atoms with Crippen molar-refractivity contribution < 1.29 is 10.2 Å². The molecular weight excluding hydrogens is 140 g/mol. The van der Waals surface area contributed by atoms with E-state index < -0.39 is 0 Å². The van der Waals surface area contributed by atoms with Gasteiger partial charge < -0.3 is 10.2 Å². The third kappa shape index (κ3) is 2.46. The van der Waals surface area contributed by atoms with Gasteiger partial charge in [-0.1, -0.05) is 13.3 Å². The first-order chi connectivity index (χ1) is 5.24. The molecule has 2 nitrogen and oxygen atoms in total. The van der Waals surface area contributed by atoms with Crippen molar-refractivity contribution in [3.8, 4) is 0 Å². The van der Waals surface area contributed by atoms with Gasteiger partial charge in [0.15, 0.2) is 0 Å². The zero-order valence-electron chi connectivity index (χ0n) is 7.16. The predicted octanol–water partition coefficient (Wildman–Crippen LogP) is 1.31. The van der Waals surface area contributed by atoms with E-state index in [-0.39, 0.29) is 12.2 Å². The van der Waals surface area contributed by atoms with E-state index in [1.54, 1.807) is 0 Å². The Morgan fingerprint density at radius 2 is 2.18 bits per heavy atom. The average Bonchev–Trinajstić information content (AvgIpc) is 2.37. The van der Waals surface area contributed by atoms with Gasteiger partial charge in [0.1, 0.15) is 0 Å². The standard InChI is InChI=1S/C9H18O2/c1-2-8(10)6-7-4-3-5-9(7)11/h7-11H,2-6H2,1H3. The monoisotopic (exact) mass is 158 g/mol. The lowest BCUT2D eigenvalue weighted by atomic mass is 9.97. The van der Waals surface area contributed by atoms with Gasteiger partial charge in [-0.15, -0.1) is 0 Å². The molecule has 0 radical (unpaired) electrons. The number of aliphatic hydroxyl groups is 2. The molecule has 2 N–H and O–H groups in total. The molecule has 1 fully saturated rings. The minimum Gasteiger partial charge on any atom is -0.393 e. The highest BCUT2D eigenvalue weighted by Crippen LogP contribution is 2.29. The normalized spacial score (nSPS) is 34.1. The van der Waals surface area contributed by atoms with Crippen LogP contribution in [0.1, 0.15) is 39.0 Å². The molecule has 0 aromatic heterocycles. The summed E-state index contributed by atoms with van der Waals surface area (Å²) in [7, 11) is 0. The lowest BCUT2D eigenvalue weighted by molar-refractivity contribution is 0.0782. The topological polar surface area (TPSA) is 40.5 Å². The Morgan fingerprint density at radius 3 is 2.64 bits per heavy atom. The minimum atomic E-state index is -0.201. The Morgan fingerprint density at radius 1 is 1.45 bits per heavy atom. The van der Waals surface area contributed by atoms with Crippen LogP contribution in [0.2, 0.25) is 0 Å². The summed E-state index contributed by atoms with van der Waals surface area (Å²) < 4.78 is 0. The second-order valence-electron chi connectivity index (χ2n) is 3.56. The predicted molar refractivity (Wildman–Crippen MR) is 44.3 cm³/mol. The van der Waals surface area contributed by atoms with Crippen LogP contribution in [0.3, 0.4) is 0 Å². The van der Waals surface area contributed by atoms with Crippen molar-refractivity contribution in [3.63, 3.8) is 0 Å². The maximum absolute atomic E-state index is 9.42. The average molecular weight is 158 g/mol. The van der Waals surface area contributed by atoms with Crippen molar-refractivity contribution in [2.24, 2.45) is 5.92 Å². The number of rotatable bonds is 3. The molecular formula is C9H18O2. The molecule has 2 heteroatoms. The fraction of sp³-hybridized carbons (Fsp3) is 1.00. The Kier molecular flexibility index (Phi) is 3.34. The third-order valence-corrected chi connectivity index (χ3v) is 2.67. The molecule has 0 aromatic rings. The van der Waals surface area contributed by atoms with Crippen LogP contribution in [-0.2, 0) is 0 Å². The van der Waals surface area contributed by atoms with Gasteiger partial charge in [0, 0.05) is 0 Å². The Labute approximate surface area is 68.2 Å². The van der Waals surface area contributed by atoms with E-state index in [0.717, 1.165) is 32.1 Å². The molecule has 0 aliphatic heterocycles. The van der Waals surface area contributed by atoms with Crippen molar-refractivity contribution in [1.82, 2.24) is 0 Å². The van der Waals surface area contributed by atoms with Crippen molar-refractivity contribution in [2.75, 3.05) is 0 Å². The van der Waals surface area contributed by atoms with E-state index in [4.69, 9.17) is 0 Å². The molecule has 0 heterocycles. The smallest absolute Gasteiger partial charge is 0.0569 e. The van der Waals surface area contributed by atoms with Gasteiger partial charge in [-0.25, -0.2) is 0 Å². The molecule has 0 bridgehead atoms. The van der Waals surface area contributed by atoms with Crippen LogP contribution in [0, 0.1) is 5.92 Å². The number of hydrogen-bond donors (Lipinski definition) is 2. The zero-order valence-corrected chi connectivity index (χ0v) is 7.16. The molecule has 1 aliphatic rings. The molecule has 3 unspecified atom stereocenters. The summed E-state index contributed by atoms with van der Waals surface area (Å²) in [5.74, 6) is 0.366. The SMILES string of the molecule is CCC(O)CC1CCCC1O.